The van der Waals surface area contributed by atoms with Gasteiger partial charge in [-0.25, -0.2) is 0 Å². The average molecular weight is 288 g/mol. The Hall–Kier alpha value is -0.390. The highest BCUT2D eigenvalue weighted by Crippen LogP contribution is 2.24. The van der Waals surface area contributed by atoms with Gasteiger partial charge in [0.15, 0.2) is 0 Å². The summed E-state index contributed by atoms with van der Waals surface area (Å²) in [5, 5.41) is 7.96. The second-order valence-corrected chi connectivity index (χ2v) is 4.92. The van der Waals surface area contributed by atoms with Crippen LogP contribution >= 0.6 is 15.9 Å². The molecular formula is C11H18BrN3O. The van der Waals surface area contributed by atoms with Crippen molar-refractivity contribution in [2.45, 2.75) is 31.8 Å². The number of halogens is 1. The Bertz CT molecular complexity index is 340. The van der Waals surface area contributed by atoms with Gasteiger partial charge in [-0.15, -0.1) is 0 Å². The molecule has 0 saturated heterocycles. The molecule has 5 heteroatoms. The van der Waals surface area contributed by atoms with Crippen LogP contribution in [0.25, 0.3) is 0 Å². The van der Waals surface area contributed by atoms with E-state index in [2.05, 4.69) is 37.1 Å². The van der Waals surface area contributed by atoms with Crippen molar-refractivity contribution in [3.8, 4) is 0 Å². The van der Waals surface area contributed by atoms with Crippen LogP contribution in [0.3, 0.4) is 0 Å². The lowest BCUT2D eigenvalue weighted by Crippen LogP contribution is -2.33. The van der Waals surface area contributed by atoms with Crippen molar-refractivity contribution in [3.05, 3.63) is 16.4 Å². The van der Waals surface area contributed by atoms with Gasteiger partial charge >= 0.3 is 0 Å². The van der Waals surface area contributed by atoms with Crippen LogP contribution in [0, 0.1) is 0 Å². The predicted octanol–water partition coefficient (Wildman–Crippen LogP) is 2.11. The fourth-order valence-electron chi connectivity index (χ4n) is 2.15. The standard InChI is InChI=1S/C11H18BrN3O/c1-16-7-3-2-4-9-10-8-11(12)14-15(10)6-5-13-9/h8-9,13H,2-7H2,1H3/t9-/m0/s1. The Kier molecular flexibility index (Phi) is 4.37. The summed E-state index contributed by atoms with van der Waals surface area (Å²) in [7, 11) is 1.76. The highest BCUT2D eigenvalue weighted by molar-refractivity contribution is 9.10. The number of hydrogen-bond acceptors (Lipinski definition) is 3. The molecular weight excluding hydrogens is 270 g/mol. The summed E-state index contributed by atoms with van der Waals surface area (Å²) in [5.41, 5.74) is 1.30. The predicted molar refractivity (Wildman–Crippen MR) is 66.4 cm³/mol. The summed E-state index contributed by atoms with van der Waals surface area (Å²) in [6, 6.07) is 2.57. The van der Waals surface area contributed by atoms with E-state index in [4.69, 9.17) is 4.74 Å². The van der Waals surface area contributed by atoms with Gasteiger partial charge in [0.05, 0.1) is 12.2 Å². The van der Waals surface area contributed by atoms with Crippen molar-refractivity contribution in [1.82, 2.24) is 15.1 Å². The van der Waals surface area contributed by atoms with Crippen molar-refractivity contribution in [2.75, 3.05) is 20.3 Å². The molecule has 0 saturated carbocycles. The first kappa shape index (κ1) is 12.1. The molecule has 0 aromatic carbocycles. The van der Waals surface area contributed by atoms with Gasteiger partial charge in [0.2, 0.25) is 0 Å². The third-order valence-electron chi connectivity index (χ3n) is 2.94. The Morgan fingerprint density at radius 2 is 2.50 bits per heavy atom. The minimum atomic E-state index is 0.449. The maximum Gasteiger partial charge on any atom is 0.128 e. The number of fused-ring (bicyclic) bond motifs is 1. The number of unbranched alkanes of at least 4 members (excludes halogenated alkanes) is 1. The Balaban J connectivity index is 1.91. The van der Waals surface area contributed by atoms with Crippen molar-refractivity contribution in [1.29, 1.82) is 0 Å². The summed E-state index contributed by atoms with van der Waals surface area (Å²) >= 11 is 3.43. The molecule has 1 atom stereocenters. The zero-order chi connectivity index (χ0) is 11.4. The minimum Gasteiger partial charge on any atom is -0.385 e. The van der Waals surface area contributed by atoms with Crippen molar-refractivity contribution < 1.29 is 4.74 Å². The third-order valence-corrected chi connectivity index (χ3v) is 3.33. The van der Waals surface area contributed by atoms with E-state index < -0.39 is 0 Å². The van der Waals surface area contributed by atoms with E-state index in [0.717, 1.165) is 37.1 Å². The van der Waals surface area contributed by atoms with Gasteiger partial charge in [-0.1, -0.05) is 0 Å². The molecule has 1 N–H and O–H groups in total. The number of methoxy groups -OCH3 is 1. The highest BCUT2D eigenvalue weighted by Gasteiger charge is 2.20. The fourth-order valence-corrected chi connectivity index (χ4v) is 2.58. The van der Waals surface area contributed by atoms with Gasteiger partial charge in [0.25, 0.3) is 0 Å². The van der Waals surface area contributed by atoms with Crippen molar-refractivity contribution in [2.24, 2.45) is 0 Å². The summed E-state index contributed by atoms with van der Waals surface area (Å²) in [6.45, 7) is 2.83. The minimum absolute atomic E-state index is 0.449. The van der Waals surface area contributed by atoms with Crippen LogP contribution in [0.2, 0.25) is 0 Å². The van der Waals surface area contributed by atoms with Crippen molar-refractivity contribution in [3.63, 3.8) is 0 Å². The quantitative estimate of drug-likeness (QED) is 0.843. The van der Waals surface area contributed by atoms with E-state index in [0.29, 0.717) is 6.04 Å². The van der Waals surface area contributed by atoms with Crippen LogP contribution in [-0.2, 0) is 11.3 Å². The van der Waals surface area contributed by atoms with Gasteiger partial charge in [-0.3, -0.25) is 4.68 Å². The molecule has 1 aliphatic rings. The largest absolute Gasteiger partial charge is 0.385 e. The monoisotopic (exact) mass is 287 g/mol. The second kappa shape index (κ2) is 5.80. The Morgan fingerprint density at radius 3 is 3.31 bits per heavy atom. The second-order valence-electron chi connectivity index (χ2n) is 4.11. The number of ether oxygens (including phenoxy) is 1. The molecule has 0 spiro atoms. The third kappa shape index (κ3) is 2.84. The van der Waals surface area contributed by atoms with Gasteiger partial charge in [0.1, 0.15) is 4.60 Å². The summed E-state index contributed by atoms with van der Waals surface area (Å²) < 4.78 is 8.10. The fraction of sp³-hybridized carbons (Fsp3) is 0.727. The first-order valence-electron chi connectivity index (χ1n) is 5.77. The first-order chi connectivity index (χ1) is 7.81. The van der Waals surface area contributed by atoms with Crippen LogP contribution < -0.4 is 5.32 Å². The normalized spacial score (nSPS) is 19.8. The zero-order valence-electron chi connectivity index (χ0n) is 9.58. The Labute approximate surface area is 104 Å². The van der Waals surface area contributed by atoms with E-state index >= 15 is 0 Å². The molecule has 1 aromatic rings. The van der Waals surface area contributed by atoms with Crippen LogP contribution in [0.15, 0.2) is 10.7 Å². The van der Waals surface area contributed by atoms with Crippen LogP contribution in [0.4, 0.5) is 0 Å². The lowest BCUT2D eigenvalue weighted by molar-refractivity contribution is 0.190. The number of hydrogen-bond donors (Lipinski definition) is 1. The summed E-state index contributed by atoms with van der Waals surface area (Å²) in [6.07, 6.45) is 3.47. The summed E-state index contributed by atoms with van der Waals surface area (Å²) in [4.78, 5) is 0. The molecule has 0 fully saturated rings. The molecule has 4 nitrogen and oxygen atoms in total. The Morgan fingerprint density at radius 1 is 1.62 bits per heavy atom. The number of nitrogens with zero attached hydrogens (tertiary/aromatic N) is 2. The maximum atomic E-state index is 5.06. The molecule has 1 aromatic heterocycles. The van der Waals surface area contributed by atoms with E-state index in [-0.39, 0.29) is 0 Å². The topological polar surface area (TPSA) is 39.1 Å². The van der Waals surface area contributed by atoms with Crippen LogP contribution in [0.5, 0.6) is 0 Å². The van der Waals surface area contributed by atoms with Gasteiger partial charge < -0.3 is 10.1 Å². The summed E-state index contributed by atoms with van der Waals surface area (Å²) in [5.74, 6) is 0. The average Bonchev–Trinajstić information content (AvgIpc) is 2.65. The van der Waals surface area contributed by atoms with Crippen molar-refractivity contribution >= 4 is 15.9 Å². The molecule has 1 aliphatic heterocycles. The molecule has 2 heterocycles. The van der Waals surface area contributed by atoms with Gasteiger partial charge in [-0.2, -0.15) is 5.10 Å². The van der Waals surface area contributed by atoms with Gasteiger partial charge in [-0.05, 0) is 41.3 Å². The smallest absolute Gasteiger partial charge is 0.128 e. The van der Waals surface area contributed by atoms with Crippen LogP contribution in [0.1, 0.15) is 31.0 Å². The number of nitrogens with one attached hydrogen (secondary N) is 1. The van der Waals surface area contributed by atoms with E-state index in [9.17, 15) is 0 Å². The zero-order valence-corrected chi connectivity index (χ0v) is 11.2. The molecule has 0 bridgehead atoms. The lowest BCUT2D eigenvalue weighted by Gasteiger charge is -2.25. The highest BCUT2D eigenvalue weighted by atomic mass is 79.9. The van der Waals surface area contributed by atoms with E-state index in [1.165, 1.54) is 12.1 Å². The SMILES string of the molecule is COCCCC[C@@H]1NCCn2nc(Br)cc21. The van der Waals surface area contributed by atoms with Crippen LogP contribution in [-0.4, -0.2) is 30.0 Å². The molecule has 0 amide bonds. The molecule has 0 radical (unpaired) electrons. The van der Waals surface area contributed by atoms with Gasteiger partial charge in [0, 0.05) is 26.3 Å². The molecule has 90 valence electrons. The molecule has 0 aliphatic carbocycles. The first-order valence-corrected chi connectivity index (χ1v) is 6.56. The van der Waals surface area contributed by atoms with E-state index in [1.54, 1.807) is 7.11 Å². The molecule has 2 rings (SSSR count). The molecule has 16 heavy (non-hydrogen) atoms. The molecule has 0 unspecified atom stereocenters. The van der Waals surface area contributed by atoms with E-state index in [1.807, 2.05) is 0 Å². The number of rotatable bonds is 5. The number of aromatic nitrogens is 2. The lowest BCUT2D eigenvalue weighted by atomic mass is 10.1. The maximum absolute atomic E-state index is 5.06.